The number of anilines is 3. The molecule has 9 aromatic carbocycles. The summed E-state index contributed by atoms with van der Waals surface area (Å²) in [5.41, 5.74) is 14.5. The van der Waals surface area contributed by atoms with E-state index in [2.05, 4.69) is 212 Å². The van der Waals surface area contributed by atoms with Crippen molar-refractivity contribution in [3.63, 3.8) is 0 Å². The van der Waals surface area contributed by atoms with Gasteiger partial charge in [0.15, 0.2) is 0 Å². The second kappa shape index (κ2) is 10.9. The molecule has 4 heteroatoms. The van der Waals surface area contributed by atoms with Gasteiger partial charge in [-0.2, -0.15) is 0 Å². The summed E-state index contributed by atoms with van der Waals surface area (Å²) < 4.78 is 7.57. The van der Waals surface area contributed by atoms with Gasteiger partial charge in [0.25, 0.3) is 0 Å². The largest absolute Gasteiger partial charge is 0.310 e. The highest BCUT2D eigenvalue weighted by Gasteiger charge is 2.29. The molecule has 4 nitrogen and oxygen atoms in total. The fraction of sp³-hybridized carbons (Fsp3) is 0. The quantitative estimate of drug-likeness (QED) is 0.176. The van der Waals surface area contributed by atoms with Gasteiger partial charge in [0.2, 0.25) is 0 Å². The second-order valence-electron chi connectivity index (χ2n) is 15.7. The molecule has 268 valence electrons. The van der Waals surface area contributed by atoms with Crippen LogP contribution in [0.25, 0.3) is 104 Å². The SMILES string of the molecule is c1ccc(N(c2ccccc2)c2ccc3c4c5c6c7c8ccccc8n(-c8ccccc8)c7cc7c8ccccc8n(c5ccc4n4c5ccccc5c2c34)c76)cc1. The molecule has 0 fully saturated rings. The first-order valence-corrected chi connectivity index (χ1v) is 20.0. The molecule has 0 amide bonds. The fourth-order valence-corrected chi connectivity index (χ4v) is 10.7. The van der Waals surface area contributed by atoms with Crippen LogP contribution in [-0.2, 0) is 0 Å². The maximum atomic E-state index is 2.55. The third-order valence-corrected chi connectivity index (χ3v) is 12.8. The van der Waals surface area contributed by atoms with Crippen molar-refractivity contribution in [2.45, 2.75) is 0 Å². The van der Waals surface area contributed by atoms with Gasteiger partial charge in [0.05, 0.1) is 49.8 Å². The average molecular weight is 737 g/mol. The van der Waals surface area contributed by atoms with E-state index in [9.17, 15) is 0 Å². The van der Waals surface area contributed by atoms with Gasteiger partial charge in [-0.3, -0.25) is 0 Å². The van der Waals surface area contributed by atoms with E-state index in [1.54, 1.807) is 0 Å². The lowest BCUT2D eigenvalue weighted by Gasteiger charge is -2.26. The first kappa shape index (κ1) is 30.4. The molecule has 14 rings (SSSR count). The molecule has 14 aromatic rings. The minimum atomic E-state index is 1.13. The van der Waals surface area contributed by atoms with Crippen LogP contribution < -0.4 is 4.90 Å². The average Bonchev–Trinajstić information content (AvgIpc) is 4.08. The molecular formula is C54H32N4. The summed E-state index contributed by atoms with van der Waals surface area (Å²) in [6.07, 6.45) is 0. The standard InChI is InChI=1S/C54H32N4/c1-4-16-33(17-5-1)55(34-18-6-2-7-19-34)45-29-28-39-49-44(58-43-27-15-12-24-38(43)50(45)53(39)58)30-31-46-51(49)52-48-37-23-11-14-26-42(37)56(35-20-8-3-9-21-35)47(48)32-40-36-22-10-13-25-41(36)57(46)54(40)52/h1-32H. The molecule has 0 saturated carbocycles. The molecule has 0 unspecified atom stereocenters. The van der Waals surface area contributed by atoms with Crippen LogP contribution in [0.2, 0.25) is 0 Å². The molecule has 5 heterocycles. The van der Waals surface area contributed by atoms with Gasteiger partial charge < -0.3 is 18.3 Å². The molecule has 0 saturated heterocycles. The summed E-state index contributed by atoms with van der Waals surface area (Å²) in [4.78, 5) is 2.42. The number of aromatic nitrogens is 3. The lowest BCUT2D eigenvalue weighted by Crippen LogP contribution is -2.10. The zero-order valence-corrected chi connectivity index (χ0v) is 31.3. The Labute approximate surface area is 331 Å². The Morgan fingerprint density at radius 2 is 0.793 bits per heavy atom. The van der Waals surface area contributed by atoms with E-state index in [0.717, 1.165) is 11.4 Å². The minimum absolute atomic E-state index is 1.13. The van der Waals surface area contributed by atoms with E-state index in [1.807, 2.05) is 0 Å². The Morgan fingerprint density at radius 1 is 0.293 bits per heavy atom. The zero-order chi connectivity index (χ0) is 37.6. The van der Waals surface area contributed by atoms with Crippen molar-refractivity contribution in [2.75, 3.05) is 4.90 Å². The Balaban J connectivity index is 1.23. The maximum Gasteiger partial charge on any atom is 0.0641 e. The van der Waals surface area contributed by atoms with Gasteiger partial charge >= 0.3 is 0 Å². The highest BCUT2D eigenvalue weighted by atomic mass is 15.1. The Hall–Kier alpha value is -7.82. The van der Waals surface area contributed by atoms with E-state index in [0.29, 0.717) is 0 Å². The van der Waals surface area contributed by atoms with Gasteiger partial charge in [-0.25, -0.2) is 0 Å². The van der Waals surface area contributed by atoms with Crippen LogP contribution in [0.5, 0.6) is 0 Å². The number of hydrogen-bond donors (Lipinski definition) is 0. The zero-order valence-electron chi connectivity index (χ0n) is 31.3. The molecule has 0 radical (unpaired) electrons. The van der Waals surface area contributed by atoms with Crippen LogP contribution in [0.4, 0.5) is 17.1 Å². The molecule has 0 bridgehead atoms. The Kier molecular flexibility index (Phi) is 5.73. The van der Waals surface area contributed by atoms with Crippen LogP contribution in [0, 0.1) is 0 Å². The number of fused-ring (bicyclic) bond motifs is 17. The first-order valence-electron chi connectivity index (χ1n) is 20.0. The molecule has 0 spiro atoms. The summed E-state index contributed by atoms with van der Waals surface area (Å²) >= 11 is 0. The Bertz CT molecular complexity index is 3910. The lowest BCUT2D eigenvalue weighted by molar-refractivity contribution is 1.18. The number of para-hydroxylation sites is 6. The normalized spacial score (nSPS) is 12.5. The van der Waals surface area contributed by atoms with Crippen molar-refractivity contribution in [1.82, 2.24) is 13.4 Å². The fourth-order valence-electron chi connectivity index (χ4n) is 10.7. The maximum absolute atomic E-state index is 2.55. The summed E-state index contributed by atoms with van der Waals surface area (Å²) in [6.45, 7) is 0. The number of hydrogen-bond acceptors (Lipinski definition) is 1. The van der Waals surface area contributed by atoms with Crippen LogP contribution >= 0.6 is 0 Å². The predicted octanol–water partition coefficient (Wildman–Crippen LogP) is 14.6. The summed E-state index contributed by atoms with van der Waals surface area (Å²) in [5, 5.41) is 12.9. The van der Waals surface area contributed by atoms with Gasteiger partial charge in [0, 0.05) is 70.9 Å². The summed E-state index contributed by atoms with van der Waals surface area (Å²) in [6, 6.07) is 71.3. The highest BCUT2D eigenvalue weighted by molar-refractivity contribution is 6.42. The molecule has 0 aliphatic rings. The van der Waals surface area contributed by atoms with E-state index in [4.69, 9.17) is 0 Å². The third-order valence-electron chi connectivity index (χ3n) is 12.8. The number of rotatable bonds is 4. The molecule has 0 aliphatic carbocycles. The van der Waals surface area contributed by atoms with Crippen LogP contribution in [-0.4, -0.2) is 13.4 Å². The van der Waals surface area contributed by atoms with E-state index in [-0.39, 0.29) is 0 Å². The number of nitrogens with zero attached hydrogens (tertiary/aromatic N) is 4. The molecular weight excluding hydrogens is 705 g/mol. The molecule has 0 N–H and O–H groups in total. The smallest absolute Gasteiger partial charge is 0.0641 e. The van der Waals surface area contributed by atoms with Gasteiger partial charge in [-0.05, 0) is 78.9 Å². The highest BCUT2D eigenvalue weighted by Crippen LogP contribution is 2.52. The van der Waals surface area contributed by atoms with E-state index >= 15 is 0 Å². The van der Waals surface area contributed by atoms with Crippen LogP contribution in [0.3, 0.4) is 0 Å². The van der Waals surface area contributed by atoms with Crippen molar-refractivity contribution in [1.29, 1.82) is 0 Å². The van der Waals surface area contributed by atoms with Crippen molar-refractivity contribution in [3.8, 4) is 5.69 Å². The molecule has 5 aromatic heterocycles. The molecule has 0 atom stereocenters. The van der Waals surface area contributed by atoms with Crippen molar-refractivity contribution in [2.24, 2.45) is 0 Å². The van der Waals surface area contributed by atoms with Crippen molar-refractivity contribution >= 4 is 115 Å². The molecule has 0 aliphatic heterocycles. The monoisotopic (exact) mass is 736 g/mol. The van der Waals surface area contributed by atoms with E-state index < -0.39 is 0 Å². The van der Waals surface area contributed by atoms with Gasteiger partial charge in [-0.15, -0.1) is 0 Å². The van der Waals surface area contributed by atoms with Crippen LogP contribution in [0.15, 0.2) is 194 Å². The van der Waals surface area contributed by atoms with Gasteiger partial charge in [-0.1, -0.05) is 115 Å². The molecule has 58 heavy (non-hydrogen) atoms. The first-order chi connectivity index (χ1) is 28.8. The van der Waals surface area contributed by atoms with Gasteiger partial charge in [0.1, 0.15) is 0 Å². The summed E-state index contributed by atoms with van der Waals surface area (Å²) in [5.74, 6) is 0. The summed E-state index contributed by atoms with van der Waals surface area (Å²) in [7, 11) is 0. The lowest BCUT2D eigenvalue weighted by atomic mass is 9.98. The third kappa shape index (κ3) is 3.66. The number of benzene rings is 9. The Morgan fingerprint density at radius 3 is 1.47 bits per heavy atom. The topological polar surface area (TPSA) is 17.0 Å². The predicted molar refractivity (Wildman–Crippen MR) is 245 cm³/mol. The van der Waals surface area contributed by atoms with Crippen LogP contribution in [0.1, 0.15) is 0 Å². The van der Waals surface area contributed by atoms with Crippen molar-refractivity contribution < 1.29 is 0 Å². The van der Waals surface area contributed by atoms with E-state index in [1.165, 1.54) is 109 Å². The van der Waals surface area contributed by atoms with Crippen molar-refractivity contribution in [3.05, 3.63) is 194 Å². The minimum Gasteiger partial charge on any atom is -0.310 e. The second-order valence-corrected chi connectivity index (χ2v) is 15.7.